The number of fused-ring (bicyclic) bond motifs is 1. The van der Waals surface area contributed by atoms with Crippen LogP contribution in [0.1, 0.15) is 20.8 Å². The number of hydrogen-bond donors (Lipinski definition) is 1. The highest BCUT2D eigenvalue weighted by Gasteiger charge is 2.22. The van der Waals surface area contributed by atoms with E-state index in [1.165, 1.54) is 18.9 Å². The molecule has 0 aliphatic rings. The summed E-state index contributed by atoms with van der Waals surface area (Å²) >= 11 is 0. The van der Waals surface area contributed by atoms with Crippen LogP contribution in [0.15, 0.2) is 42.5 Å². The van der Waals surface area contributed by atoms with Gasteiger partial charge in [-0.2, -0.15) is 9.78 Å². The average Bonchev–Trinajstić information content (AvgIpc) is 3.06. The number of rotatable bonds is 5. The minimum atomic E-state index is -0.410. The Morgan fingerprint density at radius 1 is 1.12 bits per heavy atom. The Bertz CT molecular complexity index is 962. The lowest BCUT2D eigenvalue weighted by atomic mass is 10.1. The molecule has 0 aliphatic heterocycles. The summed E-state index contributed by atoms with van der Waals surface area (Å²) in [6.07, 6.45) is 0. The van der Waals surface area contributed by atoms with Crippen LogP contribution in [0.3, 0.4) is 0 Å². The van der Waals surface area contributed by atoms with Gasteiger partial charge in [0.15, 0.2) is 5.78 Å². The Labute approximate surface area is 143 Å². The third kappa shape index (κ3) is 2.85. The molecule has 3 rings (SSSR count). The van der Waals surface area contributed by atoms with Crippen LogP contribution in [0, 0.1) is 0 Å². The largest absolute Gasteiger partial charge is 0.497 e. The predicted octanol–water partition coefficient (Wildman–Crippen LogP) is 1.88. The van der Waals surface area contributed by atoms with Crippen molar-refractivity contribution in [3.05, 3.63) is 53.7 Å². The van der Waals surface area contributed by atoms with E-state index < -0.39 is 5.91 Å². The second-order valence-electron chi connectivity index (χ2n) is 5.28. The van der Waals surface area contributed by atoms with E-state index in [1.807, 2.05) is 0 Å². The average molecular weight is 339 g/mol. The lowest BCUT2D eigenvalue weighted by Gasteiger charge is -2.10. The van der Waals surface area contributed by atoms with Crippen LogP contribution in [-0.2, 0) is 0 Å². The van der Waals surface area contributed by atoms with Crippen LogP contribution in [-0.4, -0.2) is 42.2 Å². The maximum atomic E-state index is 13.0. The zero-order valence-electron chi connectivity index (χ0n) is 13.9. The van der Waals surface area contributed by atoms with Crippen LogP contribution in [0.5, 0.6) is 11.5 Å². The Hall–Kier alpha value is -3.19. The number of para-hydroxylation sites is 1. The van der Waals surface area contributed by atoms with Crippen molar-refractivity contribution < 1.29 is 19.1 Å². The standard InChI is InChI=1S/C18H17N3O4/c1-24-11-7-8-13(16(9-11)25-2)18(23)21-14-6-4-3-5-12(14)17(20-21)15(22)10-19/h3-9H,10,19H2,1-2H3. The molecule has 2 aromatic carbocycles. The molecule has 7 heteroatoms. The third-order valence-corrected chi connectivity index (χ3v) is 3.87. The molecule has 0 radical (unpaired) electrons. The molecule has 1 heterocycles. The van der Waals surface area contributed by atoms with E-state index in [0.29, 0.717) is 28.0 Å². The Morgan fingerprint density at radius 3 is 2.56 bits per heavy atom. The quantitative estimate of drug-likeness (QED) is 0.713. The molecule has 0 saturated carbocycles. The molecule has 25 heavy (non-hydrogen) atoms. The summed E-state index contributed by atoms with van der Waals surface area (Å²) < 4.78 is 11.6. The monoisotopic (exact) mass is 339 g/mol. The first-order valence-corrected chi connectivity index (χ1v) is 7.58. The molecule has 0 spiro atoms. The molecule has 2 N–H and O–H groups in total. The van der Waals surface area contributed by atoms with Crippen molar-refractivity contribution >= 4 is 22.6 Å². The first-order chi connectivity index (χ1) is 12.1. The molecule has 3 aromatic rings. The molecule has 0 bridgehead atoms. The number of methoxy groups -OCH3 is 2. The van der Waals surface area contributed by atoms with Crippen LogP contribution in [0.4, 0.5) is 0 Å². The summed E-state index contributed by atoms with van der Waals surface area (Å²) in [6, 6.07) is 11.9. The van der Waals surface area contributed by atoms with E-state index in [0.717, 1.165) is 0 Å². The summed E-state index contributed by atoms with van der Waals surface area (Å²) in [6.45, 7) is -0.180. The van der Waals surface area contributed by atoms with Gasteiger partial charge in [-0.25, -0.2) is 0 Å². The number of carbonyl (C=O) groups excluding carboxylic acids is 2. The number of carbonyl (C=O) groups is 2. The van der Waals surface area contributed by atoms with Crippen LogP contribution < -0.4 is 15.2 Å². The summed E-state index contributed by atoms with van der Waals surface area (Å²) in [7, 11) is 3.00. The third-order valence-electron chi connectivity index (χ3n) is 3.87. The van der Waals surface area contributed by atoms with Crippen LogP contribution in [0.25, 0.3) is 10.9 Å². The highest BCUT2D eigenvalue weighted by atomic mass is 16.5. The van der Waals surface area contributed by atoms with Gasteiger partial charge in [-0.15, -0.1) is 0 Å². The molecule has 0 unspecified atom stereocenters. The zero-order chi connectivity index (χ0) is 18.0. The number of Topliss-reactive ketones (excluding diaryl/α,β-unsaturated/α-hetero) is 1. The van der Waals surface area contributed by atoms with Crippen molar-refractivity contribution in [2.45, 2.75) is 0 Å². The van der Waals surface area contributed by atoms with E-state index >= 15 is 0 Å². The first kappa shape index (κ1) is 16.7. The summed E-state index contributed by atoms with van der Waals surface area (Å²) in [5.41, 5.74) is 6.47. The van der Waals surface area contributed by atoms with Gasteiger partial charge in [0.1, 0.15) is 17.2 Å². The molecule has 0 aliphatic carbocycles. The molecule has 0 atom stereocenters. The maximum absolute atomic E-state index is 13.0. The van der Waals surface area contributed by atoms with Gasteiger partial charge < -0.3 is 15.2 Å². The summed E-state index contributed by atoms with van der Waals surface area (Å²) in [4.78, 5) is 25.1. The Kier molecular flexibility index (Phi) is 4.49. The first-order valence-electron chi connectivity index (χ1n) is 7.58. The van der Waals surface area contributed by atoms with E-state index in [2.05, 4.69) is 5.10 Å². The number of hydrogen-bond acceptors (Lipinski definition) is 6. The number of nitrogens with two attached hydrogens (primary N) is 1. The van der Waals surface area contributed by atoms with Gasteiger partial charge in [-0.3, -0.25) is 9.59 Å². The number of nitrogens with zero attached hydrogens (tertiary/aromatic N) is 2. The molecule has 1 aromatic heterocycles. The fraction of sp³-hybridized carbons (Fsp3) is 0.167. The molecular weight excluding hydrogens is 322 g/mol. The molecule has 128 valence electrons. The van der Waals surface area contributed by atoms with Crippen LogP contribution >= 0.6 is 0 Å². The van der Waals surface area contributed by atoms with Gasteiger partial charge in [0.2, 0.25) is 0 Å². The van der Waals surface area contributed by atoms with Gasteiger partial charge >= 0.3 is 0 Å². The van der Waals surface area contributed by atoms with E-state index in [9.17, 15) is 9.59 Å². The van der Waals surface area contributed by atoms with E-state index in [4.69, 9.17) is 15.2 Å². The highest BCUT2D eigenvalue weighted by Crippen LogP contribution is 2.27. The van der Waals surface area contributed by atoms with Crippen molar-refractivity contribution in [1.82, 2.24) is 9.78 Å². The Morgan fingerprint density at radius 2 is 1.88 bits per heavy atom. The van der Waals surface area contributed by atoms with Crippen molar-refractivity contribution in [1.29, 1.82) is 0 Å². The number of ketones is 1. The number of benzene rings is 2. The SMILES string of the molecule is COc1ccc(C(=O)n2nc(C(=O)CN)c3ccccc32)c(OC)c1. The smallest absolute Gasteiger partial charge is 0.282 e. The molecule has 0 saturated heterocycles. The van der Waals surface area contributed by atoms with Gasteiger partial charge in [-0.05, 0) is 18.2 Å². The van der Waals surface area contributed by atoms with Gasteiger partial charge in [0, 0.05) is 11.5 Å². The minimum Gasteiger partial charge on any atom is -0.497 e. The normalized spacial score (nSPS) is 10.7. The summed E-state index contributed by atoms with van der Waals surface area (Å²) in [5, 5.41) is 4.79. The maximum Gasteiger partial charge on any atom is 0.282 e. The highest BCUT2D eigenvalue weighted by molar-refractivity contribution is 6.10. The van der Waals surface area contributed by atoms with Crippen molar-refractivity contribution in [3.63, 3.8) is 0 Å². The van der Waals surface area contributed by atoms with Gasteiger partial charge in [0.05, 0.1) is 31.8 Å². The fourth-order valence-corrected chi connectivity index (χ4v) is 2.61. The van der Waals surface area contributed by atoms with Crippen molar-refractivity contribution in [2.75, 3.05) is 20.8 Å². The predicted molar refractivity (Wildman–Crippen MR) is 92.4 cm³/mol. The Balaban J connectivity index is 2.17. The van der Waals surface area contributed by atoms with Crippen molar-refractivity contribution in [2.24, 2.45) is 5.73 Å². The summed E-state index contributed by atoms with van der Waals surface area (Å²) in [5.74, 6) is 0.185. The fourth-order valence-electron chi connectivity index (χ4n) is 2.61. The van der Waals surface area contributed by atoms with E-state index in [-0.39, 0.29) is 18.0 Å². The van der Waals surface area contributed by atoms with Crippen LogP contribution in [0.2, 0.25) is 0 Å². The molecule has 7 nitrogen and oxygen atoms in total. The molecule has 0 fully saturated rings. The second kappa shape index (κ2) is 6.74. The van der Waals surface area contributed by atoms with Crippen molar-refractivity contribution in [3.8, 4) is 11.5 Å². The van der Waals surface area contributed by atoms with Gasteiger partial charge in [-0.1, -0.05) is 18.2 Å². The molecular formula is C18H17N3O4. The van der Waals surface area contributed by atoms with Gasteiger partial charge in [0.25, 0.3) is 5.91 Å². The lowest BCUT2D eigenvalue weighted by Crippen LogP contribution is -2.18. The minimum absolute atomic E-state index is 0.180. The zero-order valence-corrected chi connectivity index (χ0v) is 13.9. The topological polar surface area (TPSA) is 96.4 Å². The second-order valence-corrected chi connectivity index (χ2v) is 5.28. The van der Waals surface area contributed by atoms with E-state index in [1.54, 1.807) is 42.5 Å². The lowest BCUT2D eigenvalue weighted by molar-refractivity contribution is 0.0945. The number of aromatic nitrogens is 2. The number of ether oxygens (including phenoxy) is 2. The molecule has 0 amide bonds.